The smallest absolute Gasteiger partial charge is 0.414 e. The van der Waals surface area contributed by atoms with Gasteiger partial charge < -0.3 is 14.3 Å². The Balaban J connectivity index is 2.32. The van der Waals surface area contributed by atoms with Crippen molar-refractivity contribution in [2.75, 3.05) is 39.4 Å². The van der Waals surface area contributed by atoms with E-state index in [2.05, 4.69) is 15.4 Å². The summed E-state index contributed by atoms with van der Waals surface area (Å²) in [7, 11) is 4.29. The molecular formula is C22H25FN4O4. The van der Waals surface area contributed by atoms with Crippen LogP contribution in [0, 0.1) is 5.82 Å². The van der Waals surface area contributed by atoms with Gasteiger partial charge in [0.05, 0.1) is 37.9 Å². The first-order chi connectivity index (χ1) is 15.0. The molecule has 0 atom stereocenters. The van der Waals surface area contributed by atoms with E-state index in [9.17, 15) is 9.18 Å². The Morgan fingerprint density at radius 2 is 1.81 bits per heavy atom. The van der Waals surface area contributed by atoms with E-state index in [-0.39, 0.29) is 5.82 Å². The van der Waals surface area contributed by atoms with Crippen LogP contribution >= 0.6 is 0 Å². The standard InChI is InChI=1S/C22H25FN4O4/c1-16(21(26-31-4)17-9-11-19(23)12-10-17)25-24-15-18-7-5-6-8-20(18)27(13-14-29-2)22(28)30-3/h5-12,15H,13-14H2,1-4H3. The van der Waals surface area contributed by atoms with Crippen LogP contribution in [0.3, 0.4) is 0 Å². The predicted molar refractivity (Wildman–Crippen MR) is 119 cm³/mol. The Morgan fingerprint density at radius 1 is 1.10 bits per heavy atom. The Hall–Kier alpha value is -3.59. The Kier molecular flexibility index (Phi) is 9.31. The second-order valence-electron chi connectivity index (χ2n) is 6.23. The monoisotopic (exact) mass is 428 g/mol. The molecule has 9 heteroatoms. The fourth-order valence-electron chi connectivity index (χ4n) is 2.70. The Labute approximate surface area is 180 Å². The van der Waals surface area contributed by atoms with E-state index in [1.807, 2.05) is 12.1 Å². The number of ether oxygens (including phenoxy) is 2. The van der Waals surface area contributed by atoms with E-state index >= 15 is 0 Å². The number of hydrogen-bond donors (Lipinski definition) is 0. The highest BCUT2D eigenvalue weighted by Crippen LogP contribution is 2.20. The summed E-state index contributed by atoms with van der Waals surface area (Å²) in [5.74, 6) is -0.353. The molecule has 0 N–H and O–H groups in total. The Bertz CT molecular complexity index is 958. The maximum absolute atomic E-state index is 13.2. The predicted octanol–water partition coefficient (Wildman–Crippen LogP) is 3.89. The molecule has 0 aliphatic carbocycles. The summed E-state index contributed by atoms with van der Waals surface area (Å²) in [6.45, 7) is 2.36. The van der Waals surface area contributed by atoms with Crippen LogP contribution in [-0.2, 0) is 14.3 Å². The lowest BCUT2D eigenvalue weighted by molar-refractivity contribution is 0.170. The molecule has 2 aromatic carbocycles. The molecule has 0 aromatic heterocycles. The summed E-state index contributed by atoms with van der Waals surface area (Å²) in [6, 6.07) is 13.0. The molecule has 2 aromatic rings. The highest BCUT2D eigenvalue weighted by molar-refractivity contribution is 6.47. The summed E-state index contributed by atoms with van der Waals surface area (Å²) in [5, 5.41) is 12.3. The maximum Gasteiger partial charge on any atom is 0.414 e. The van der Waals surface area contributed by atoms with E-state index in [0.717, 1.165) is 0 Å². The lowest BCUT2D eigenvalue weighted by Gasteiger charge is -2.22. The number of hydrogen-bond acceptors (Lipinski definition) is 7. The van der Waals surface area contributed by atoms with E-state index < -0.39 is 6.09 Å². The molecule has 164 valence electrons. The summed E-state index contributed by atoms with van der Waals surface area (Å²) in [4.78, 5) is 18.6. The largest absolute Gasteiger partial charge is 0.452 e. The van der Waals surface area contributed by atoms with Gasteiger partial charge in [-0.15, -0.1) is 0 Å². The van der Waals surface area contributed by atoms with Gasteiger partial charge in [0.1, 0.15) is 18.6 Å². The van der Waals surface area contributed by atoms with Crippen LogP contribution in [0.2, 0.25) is 0 Å². The van der Waals surface area contributed by atoms with Gasteiger partial charge in [0, 0.05) is 18.2 Å². The zero-order chi connectivity index (χ0) is 22.6. The molecule has 0 bridgehead atoms. The van der Waals surface area contributed by atoms with Gasteiger partial charge in [-0.2, -0.15) is 10.2 Å². The van der Waals surface area contributed by atoms with Crippen molar-refractivity contribution in [1.82, 2.24) is 0 Å². The van der Waals surface area contributed by atoms with Crippen LogP contribution in [-0.4, -0.2) is 58.2 Å². The second kappa shape index (κ2) is 12.2. The second-order valence-corrected chi connectivity index (χ2v) is 6.23. The molecule has 0 spiro atoms. The first-order valence-corrected chi connectivity index (χ1v) is 9.40. The van der Waals surface area contributed by atoms with Gasteiger partial charge in [0.2, 0.25) is 0 Å². The van der Waals surface area contributed by atoms with Crippen molar-refractivity contribution in [2.24, 2.45) is 15.4 Å². The first kappa shape index (κ1) is 23.7. The lowest BCUT2D eigenvalue weighted by Crippen LogP contribution is -2.34. The number of amides is 1. The van der Waals surface area contributed by atoms with Crippen LogP contribution in [0.15, 0.2) is 63.9 Å². The number of carbonyl (C=O) groups excluding carboxylic acids is 1. The van der Waals surface area contributed by atoms with Crippen LogP contribution in [0.1, 0.15) is 18.1 Å². The van der Waals surface area contributed by atoms with Crippen molar-refractivity contribution in [2.45, 2.75) is 6.92 Å². The van der Waals surface area contributed by atoms with E-state index in [1.165, 1.54) is 37.5 Å². The third-order valence-electron chi connectivity index (χ3n) is 4.19. The first-order valence-electron chi connectivity index (χ1n) is 9.40. The average Bonchev–Trinajstić information content (AvgIpc) is 2.79. The number of para-hydroxylation sites is 1. The molecular weight excluding hydrogens is 403 g/mol. The molecule has 0 radical (unpaired) electrons. The van der Waals surface area contributed by atoms with Crippen LogP contribution in [0.5, 0.6) is 0 Å². The fourth-order valence-corrected chi connectivity index (χ4v) is 2.70. The van der Waals surface area contributed by atoms with E-state index in [1.54, 1.807) is 38.3 Å². The number of carbonyl (C=O) groups is 1. The van der Waals surface area contributed by atoms with Crippen LogP contribution < -0.4 is 4.90 Å². The molecule has 1 amide bonds. The molecule has 2 rings (SSSR count). The van der Waals surface area contributed by atoms with Crippen molar-refractivity contribution in [3.63, 3.8) is 0 Å². The molecule has 0 aliphatic rings. The van der Waals surface area contributed by atoms with Gasteiger partial charge in [0.15, 0.2) is 0 Å². The van der Waals surface area contributed by atoms with Crippen LogP contribution in [0.4, 0.5) is 14.9 Å². The average molecular weight is 428 g/mol. The number of anilines is 1. The number of benzene rings is 2. The Morgan fingerprint density at radius 3 is 2.45 bits per heavy atom. The normalized spacial score (nSPS) is 12.2. The number of methoxy groups -OCH3 is 2. The molecule has 0 saturated carbocycles. The number of rotatable bonds is 9. The number of oxime groups is 1. The molecule has 0 unspecified atom stereocenters. The quantitative estimate of drug-likeness (QED) is 0.448. The fraction of sp³-hybridized carbons (Fsp3) is 0.273. The van der Waals surface area contributed by atoms with Gasteiger partial charge in [0.25, 0.3) is 0 Å². The zero-order valence-corrected chi connectivity index (χ0v) is 17.9. The molecule has 0 aliphatic heterocycles. The highest BCUT2D eigenvalue weighted by Gasteiger charge is 2.18. The van der Waals surface area contributed by atoms with Gasteiger partial charge in [-0.25, -0.2) is 9.18 Å². The van der Waals surface area contributed by atoms with Gasteiger partial charge in [-0.3, -0.25) is 4.90 Å². The third-order valence-corrected chi connectivity index (χ3v) is 4.19. The molecule has 31 heavy (non-hydrogen) atoms. The molecule has 0 fully saturated rings. The maximum atomic E-state index is 13.2. The van der Waals surface area contributed by atoms with Crippen molar-refractivity contribution in [3.05, 3.63) is 65.5 Å². The topological polar surface area (TPSA) is 85.1 Å². The highest BCUT2D eigenvalue weighted by atomic mass is 19.1. The van der Waals surface area contributed by atoms with Gasteiger partial charge in [-0.1, -0.05) is 23.4 Å². The summed E-state index contributed by atoms with van der Waals surface area (Å²) >= 11 is 0. The zero-order valence-electron chi connectivity index (χ0n) is 17.9. The van der Waals surface area contributed by atoms with Gasteiger partial charge >= 0.3 is 6.09 Å². The van der Waals surface area contributed by atoms with Crippen LogP contribution in [0.25, 0.3) is 0 Å². The minimum Gasteiger partial charge on any atom is -0.452 e. The molecule has 0 heterocycles. The molecule has 0 saturated heterocycles. The summed E-state index contributed by atoms with van der Waals surface area (Å²) in [6.07, 6.45) is 1.01. The SMILES string of the molecule is COCCN(C(=O)OC)c1ccccc1C=NN=C(C)C(=NOC)c1ccc(F)cc1. The van der Waals surface area contributed by atoms with Gasteiger partial charge in [-0.05, 0) is 37.3 Å². The van der Waals surface area contributed by atoms with E-state index in [0.29, 0.717) is 41.4 Å². The van der Waals surface area contributed by atoms with Crippen molar-refractivity contribution in [3.8, 4) is 0 Å². The minimum atomic E-state index is -0.511. The third kappa shape index (κ3) is 6.71. The van der Waals surface area contributed by atoms with Crippen molar-refractivity contribution in [1.29, 1.82) is 0 Å². The molecule has 8 nitrogen and oxygen atoms in total. The number of nitrogens with zero attached hydrogens (tertiary/aromatic N) is 4. The summed E-state index contributed by atoms with van der Waals surface area (Å²) < 4.78 is 23.2. The lowest BCUT2D eigenvalue weighted by atomic mass is 10.1. The number of halogens is 1. The van der Waals surface area contributed by atoms with E-state index in [4.69, 9.17) is 14.3 Å². The minimum absolute atomic E-state index is 0.311. The van der Waals surface area contributed by atoms with Crippen molar-refractivity contribution < 1.29 is 23.5 Å². The summed E-state index contributed by atoms with van der Waals surface area (Å²) in [5.41, 5.74) is 2.78. The van der Waals surface area contributed by atoms with Crippen molar-refractivity contribution >= 4 is 29.4 Å².